The summed E-state index contributed by atoms with van der Waals surface area (Å²) in [6, 6.07) is 17.8. The summed E-state index contributed by atoms with van der Waals surface area (Å²) >= 11 is 2.73. The van der Waals surface area contributed by atoms with Crippen LogP contribution in [0.15, 0.2) is 76.5 Å². The summed E-state index contributed by atoms with van der Waals surface area (Å²) < 4.78 is 43.2. The van der Waals surface area contributed by atoms with E-state index in [1.54, 1.807) is 37.3 Å². The van der Waals surface area contributed by atoms with Crippen LogP contribution in [0.3, 0.4) is 0 Å². The highest BCUT2D eigenvalue weighted by Gasteiger charge is 2.35. The predicted octanol–water partition coefficient (Wildman–Crippen LogP) is 5.53. The zero-order valence-electron chi connectivity index (χ0n) is 22.0. The molecular formula is C28H25IN2O8S2. The molecule has 0 saturated carbocycles. The molecule has 0 aromatic heterocycles. The molecule has 13 heteroatoms. The molecule has 3 aromatic carbocycles. The molecule has 0 atom stereocenters. The first kappa shape index (κ1) is 30.4. The van der Waals surface area contributed by atoms with Crippen LogP contribution < -0.4 is 19.0 Å². The second-order valence-electron chi connectivity index (χ2n) is 8.50. The number of nitrogens with one attached hydrogen (secondary N) is 1. The number of anilines is 1. The molecule has 3 aromatic rings. The van der Waals surface area contributed by atoms with Crippen LogP contribution in [-0.2, 0) is 19.7 Å². The van der Waals surface area contributed by atoms with E-state index < -0.39 is 21.3 Å². The third-order valence-electron chi connectivity index (χ3n) is 5.49. The highest BCUT2D eigenvalue weighted by Crippen LogP contribution is 2.39. The molecule has 0 radical (unpaired) electrons. The number of thioether (sulfide) groups is 1. The zero-order chi connectivity index (χ0) is 29.6. The number of benzene rings is 3. The molecule has 1 saturated heterocycles. The summed E-state index contributed by atoms with van der Waals surface area (Å²) in [4.78, 5) is 37.9. The van der Waals surface area contributed by atoms with Gasteiger partial charge in [0.15, 0.2) is 11.5 Å². The fraction of sp³-hybridized carbons (Fsp3) is 0.179. The minimum Gasteiger partial charge on any atom is -0.492 e. The van der Waals surface area contributed by atoms with E-state index in [1.807, 2.05) is 40.8 Å². The molecule has 1 aliphatic heterocycles. The van der Waals surface area contributed by atoms with Crippen LogP contribution in [0.5, 0.6) is 17.2 Å². The van der Waals surface area contributed by atoms with Crippen LogP contribution in [-0.4, -0.2) is 50.1 Å². The van der Waals surface area contributed by atoms with Gasteiger partial charge in [-0.15, -0.1) is 0 Å². The normalized spacial score (nSPS) is 14.3. The van der Waals surface area contributed by atoms with Gasteiger partial charge in [-0.1, -0.05) is 18.2 Å². The summed E-state index contributed by atoms with van der Waals surface area (Å²) in [6.45, 7) is 3.55. The van der Waals surface area contributed by atoms with Crippen LogP contribution in [0.25, 0.3) is 6.08 Å². The summed E-state index contributed by atoms with van der Waals surface area (Å²) in [7, 11) is -4.24. The van der Waals surface area contributed by atoms with Crippen molar-refractivity contribution in [1.82, 2.24) is 4.90 Å². The van der Waals surface area contributed by atoms with E-state index in [-0.39, 0.29) is 47.0 Å². The molecule has 1 fully saturated rings. The monoisotopic (exact) mass is 708 g/mol. The molecule has 214 valence electrons. The fourth-order valence-electron chi connectivity index (χ4n) is 3.70. The number of imide groups is 1. The van der Waals surface area contributed by atoms with Crippen molar-refractivity contribution in [3.63, 3.8) is 0 Å². The van der Waals surface area contributed by atoms with Gasteiger partial charge in [0.25, 0.3) is 11.1 Å². The number of halogens is 1. The van der Waals surface area contributed by atoms with E-state index in [1.165, 1.54) is 31.2 Å². The maximum absolute atomic E-state index is 13.0. The minimum absolute atomic E-state index is 0.0123. The van der Waals surface area contributed by atoms with E-state index in [0.29, 0.717) is 20.6 Å². The number of amides is 3. The van der Waals surface area contributed by atoms with Crippen molar-refractivity contribution < 1.29 is 36.5 Å². The Morgan fingerprint density at radius 2 is 1.76 bits per heavy atom. The van der Waals surface area contributed by atoms with Gasteiger partial charge in [-0.05, 0) is 101 Å². The molecule has 0 bridgehead atoms. The molecule has 0 unspecified atom stereocenters. The van der Waals surface area contributed by atoms with E-state index in [0.717, 1.165) is 16.7 Å². The first-order valence-corrected chi connectivity index (χ1v) is 15.6. The van der Waals surface area contributed by atoms with Gasteiger partial charge in [-0.2, -0.15) is 8.42 Å². The number of hydrogen-bond donors (Lipinski definition) is 1. The Balaban J connectivity index is 1.52. The van der Waals surface area contributed by atoms with Gasteiger partial charge in [0, 0.05) is 12.6 Å². The molecule has 3 amide bonds. The maximum Gasteiger partial charge on any atom is 0.339 e. The second-order valence-corrected chi connectivity index (χ2v) is 12.2. The molecule has 0 aliphatic carbocycles. The average Bonchev–Trinajstić information content (AvgIpc) is 3.18. The smallest absolute Gasteiger partial charge is 0.339 e. The lowest BCUT2D eigenvalue weighted by atomic mass is 10.2. The SMILES string of the molecule is CCOc1cc(/C=C2\SC(=O)N(CCOc3ccccc3)C2=O)cc(I)c1OS(=O)(=O)c1ccc(NC(C)=O)cc1. The van der Waals surface area contributed by atoms with Crippen molar-refractivity contribution in [3.05, 3.63) is 80.8 Å². The largest absolute Gasteiger partial charge is 0.492 e. The number of ether oxygens (including phenoxy) is 2. The summed E-state index contributed by atoms with van der Waals surface area (Å²) in [5, 5.41) is 2.16. The number of carbonyl (C=O) groups excluding carboxylic acids is 3. The number of nitrogens with zero attached hydrogens (tertiary/aromatic N) is 1. The predicted molar refractivity (Wildman–Crippen MR) is 164 cm³/mol. The van der Waals surface area contributed by atoms with Crippen LogP contribution in [0.4, 0.5) is 10.5 Å². The first-order valence-electron chi connectivity index (χ1n) is 12.3. The van der Waals surface area contributed by atoms with E-state index in [4.69, 9.17) is 13.7 Å². The highest BCUT2D eigenvalue weighted by molar-refractivity contribution is 14.1. The van der Waals surface area contributed by atoms with E-state index in [9.17, 15) is 22.8 Å². The topological polar surface area (TPSA) is 128 Å². The molecule has 1 heterocycles. The maximum atomic E-state index is 13.0. The van der Waals surface area contributed by atoms with Gasteiger partial charge in [0.2, 0.25) is 5.91 Å². The van der Waals surface area contributed by atoms with Crippen molar-refractivity contribution in [2.75, 3.05) is 25.1 Å². The van der Waals surface area contributed by atoms with Crippen molar-refractivity contribution in [1.29, 1.82) is 0 Å². The molecule has 10 nitrogen and oxygen atoms in total. The van der Waals surface area contributed by atoms with E-state index >= 15 is 0 Å². The average molecular weight is 709 g/mol. The van der Waals surface area contributed by atoms with Gasteiger partial charge in [0.1, 0.15) is 17.3 Å². The van der Waals surface area contributed by atoms with Gasteiger partial charge < -0.3 is 19.0 Å². The van der Waals surface area contributed by atoms with Gasteiger partial charge in [0.05, 0.1) is 21.6 Å². The fourth-order valence-corrected chi connectivity index (χ4v) is 6.40. The summed E-state index contributed by atoms with van der Waals surface area (Å²) in [6.07, 6.45) is 1.55. The Morgan fingerprint density at radius 1 is 1.05 bits per heavy atom. The molecule has 41 heavy (non-hydrogen) atoms. The van der Waals surface area contributed by atoms with Crippen LogP contribution in [0.1, 0.15) is 19.4 Å². The van der Waals surface area contributed by atoms with E-state index in [2.05, 4.69) is 5.32 Å². The number of carbonyl (C=O) groups is 3. The lowest BCUT2D eigenvalue weighted by Crippen LogP contribution is -2.32. The standard InChI is InChI=1S/C28H25IN2O8S2/c1-3-37-24-16-19(17-25-27(33)31(28(34)40-25)13-14-38-21-7-5-4-6-8-21)15-23(29)26(24)39-41(35,36)22-11-9-20(10-12-22)30-18(2)32/h4-12,15-17H,3,13-14H2,1-2H3,(H,30,32)/b25-17-. The van der Waals surface area contributed by atoms with Gasteiger partial charge in [-0.3, -0.25) is 19.3 Å². The quantitative estimate of drug-likeness (QED) is 0.155. The third-order valence-corrected chi connectivity index (χ3v) is 8.43. The first-order chi connectivity index (χ1) is 19.6. The molecule has 1 aliphatic rings. The Hall–Kier alpha value is -3.56. The van der Waals surface area contributed by atoms with Crippen molar-refractivity contribution in [2.45, 2.75) is 18.7 Å². The molecule has 4 rings (SSSR count). The number of para-hydroxylation sites is 1. The van der Waals surface area contributed by atoms with Crippen LogP contribution >= 0.6 is 34.4 Å². The number of hydrogen-bond acceptors (Lipinski definition) is 9. The molecular weight excluding hydrogens is 683 g/mol. The lowest BCUT2D eigenvalue weighted by Gasteiger charge is -2.15. The van der Waals surface area contributed by atoms with Crippen LogP contribution in [0.2, 0.25) is 0 Å². The third kappa shape index (κ3) is 7.80. The Morgan fingerprint density at radius 3 is 2.41 bits per heavy atom. The Bertz CT molecular complexity index is 1590. The van der Waals surface area contributed by atoms with Crippen molar-refractivity contribution in [3.8, 4) is 17.2 Å². The van der Waals surface area contributed by atoms with Gasteiger partial charge in [-0.25, -0.2) is 0 Å². The summed E-state index contributed by atoms with van der Waals surface area (Å²) in [5.74, 6) is 0.0468. The highest BCUT2D eigenvalue weighted by atomic mass is 127. The summed E-state index contributed by atoms with van der Waals surface area (Å²) in [5.41, 5.74) is 0.965. The Labute approximate surface area is 255 Å². The minimum atomic E-state index is -4.24. The second kappa shape index (κ2) is 13.4. The molecule has 0 spiro atoms. The molecule has 1 N–H and O–H groups in total. The Kier molecular flexibility index (Phi) is 9.94. The number of rotatable bonds is 11. The van der Waals surface area contributed by atoms with Crippen LogP contribution in [0, 0.1) is 3.57 Å². The lowest BCUT2D eigenvalue weighted by molar-refractivity contribution is -0.123. The van der Waals surface area contributed by atoms with Crippen molar-refractivity contribution >= 4 is 73.3 Å². The van der Waals surface area contributed by atoms with Crippen molar-refractivity contribution in [2.24, 2.45) is 0 Å². The van der Waals surface area contributed by atoms with Gasteiger partial charge >= 0.3 is 10.1 Å². The zero-order valence-corrected chi connectivity index (χ0v) is 25.7.